The van der Waals surface area contributed by atoms with Gasteiger partial charge in [-0.3, -0.25) is 30.0 Å². The first-order chi connectivity index (χ1) is 52.2. The van der Waals surface area contributed by atoms with E-state index >= 15 is 0 Å². The molecule has 0 aliphatic carbocycles. The standard InChI is InChI=1S/2C17H13N2.C13H9N4.C13H14N3.C12H8F3N2.3C5H12O2.4Ir/c1-13-17(19-11-10-18-13)16-9-5-8-15(12-16)14-6-3-2-4-7-14;1-13-17(19-12-11-18-13)16-9-7-15(8-10-16)14-5-3-2-4-6-14;1-2-6-10(7-3-1)12-15-13(17-16-12)11-8-4-5-9-14-11;1-10-13(15-9-8-14-10)11-4-6-12(7-5-11)16(2)3;1-8-11(17-7-6-16-8)9-2-4-10(5-3-9)12(13,14)15;3*1-4(6)3-5(2)7;;;;/h2-8,10-12H,1H3;2-9,11-12H,1H3;1-9H;4,6-9H,1-3H3;2,4-7H,1H3;3*4-7H,3H2,1-2H3;;;;/q5*-1;;;;;;;. The number of hydrogen-bond donors (Lipinski definition) is 6. The minimum Gasteiger partial charge on any atom is -0.417 e. The zero-order valence-electron chi connectivity index (χ0n) is 64.6. The zero-order valence-corrected chi connectivity index (χ0v) is 74.1. The number of halogens is 3. The van der Waals surface area contributed by atoms with Crippen molar-refractivity contribution < 1.29 is 124 Å². The monoisotopic (exact) mass is 2240 g/mol. The number of aliphatic hydroxyl groups is 6. The predicted octanol–water partition coefficient (Wildman–Crippen LogP) is 16.0. The number of aromatic nitrogens is 12. The number of alkyl halides is 3. The van der Waals surface area contributed by atoms with Crippen molar-refractivity contribution >= 4 is 5.69 Å². The fourth-order valence-corrected chi connectivity index (χ4v) is 10.1. The van der Waals surface area contributed by atoms with E-state index in [1.165, 1.54) is 35.2 Å². The molecule has 0 aliphatic rings. The van der Waals surface area contributed by atoms with Crippen LogP contribution in [-0.2, 0) is 86.6 Å². The number of hydrogen-bond acceptors (Lipinski definition) is 18. The normalized spacial score (nSPS) is 11.7. The van der Waals surface area contributed by atoms with Crippen molar-refractivity contribution in [1.29, 1.82) is 0 Å². The number of aliphatic hydroxyl groups excluding tert-OH is 6. The smallest absolute Gasteiger partial charge is 0.381 e. The van der Waals surface area contributed by atoms with Gasteiger partial charge in [0.2, 0.25) is 0 Å². The summed E-state index contributed by atoms with van der Waals surface area (Å²) in [6.07, 6.45) is 9.81. The summed E-state index contributed by atoms with van der Waals surface area (Å²) >= 11 is 0. The summed E-state index contributed by atoms with van der Waals surface area (Å²) in [7, 11) is 4.02. The van der Waals surface area contributed by atoms with Gasteiger partial charge < -0.3 is 65.6 Å². The summed E-state index contributed by atoms with van der Waals surface area (Å²) in [6, 6.07) is 69.9. The minimum atomic E-state index is -4.34. The maximum absolute atomic E-state index is 12.4. The number of nitrogens with zero attached hydrogens (tertiary/aromatic N) is 13. The van der Waals surface area contributed by atoms with Crippen LogP contribution in [0.4, 0.5) is 18.9 Å². The number of pyridine rings is 1. The van der Waals surface area contributed by atoms with E-state index in [1.807, 2.05) is 155 Å². The molecule has 6 heterocycles. The minimum absolute atomic E-state index is 0. The van der Waals surface area contributed by atoms with Gasteiger partial charge in [-0.25, -0.2) is 0 Å². The van der Waals surface area contributed by atoms with E-state index in [-0.39, 0.29) is 117 Å². The quantitative estimate of drug-likeness (QED) is 0.0520. The summed E-state index contributed by atoms with van der Waals surface area (Å²) in [5.41, 5.74) is 16.9. The van der Waals surface area contributed by atoms with Crippen LogP contribution in [0.25, 0.3) is 90.2 Å². The summed E-state index contributed by atoms with van der Waals surface area (Å²) in [5.74, 6) is 1.19. The Morgan fingerprint density at radius 1 is 0.372 bits per heavy atom. The van der Waals surface area contributed by atoms with E-state index in [0.29, 0.717) is 47.9 Å². The van der Waals surface area contributed by atoms with E-state index in [0.717, 1.165) is 85.5 Å². The van der Waals surface area contributed by atoms with Gasteiger partial charge in [0.05, 0.1) is 48.1 Å². The van der Waals surface area contributed by atoms with Crippen molar-refractivity contribution in [3.63, 3.8) is 0 Å². The molecule has 0 spiro atoms. The van der Waals surface area contributed by atoms with Gasteiger partial charge in [-0.1, -0.05) is 108 Å². The Morgan fingerprint density at radius 2 is 0.743 bits per heavy atom. The molecule has 6 N–H and O–H groups in total. The number of aryl methyl sites for hydroxylation is 4. The first kappa shape index (κ1) is 100. The van der Waals surface area contributed by atoms with Crippen molar-refractivity contribution in [3.8, 4) is 90.2 Å². The third kappa shape index (κ3) is 36.4. The van der Waals surface area contributed by atoms with Crippen molar-refractivity contribution in [2.45, 2.75) is 131 Å². The molecule has 0 fully saturated rings. The van der Waals surface area contributed by atoms with Crippen LogP contribution in [0.15, 0.2) is 238 Å². The Morgan fingerprint density at radius 3 is 1.08 bits per heavy atom. The summed E-state index contributed by atoms with van der Waals surface area (Å²) in [4.78, 5) is 44.5. The third-order valence-corrected chi connectivity index (χ3v) is 15.3. The number of rotatable bonds is 15. The Labute approximate surface area is 715 Å². The molecule has 7 aromatic carbocycles. The molecule has 6 aromatic heterocycles. The predicted molar refractivity (Wildman–Crippen MR) is 422 cm³/mol. The molecule has 19 nitrogen and oxygen atoms in total. The van der Waals surface area contributed by atoms with Crippen LogP contribution in [0.1, 0.15) is 89.1 Å². The molecule has 604 valence electrons. The average Bonchev–Trinajstić information content (AvgIpc) is 1.76. The summed E-state index contributed by atoms with van der Waals surface area (Å²) < 4.78 is 37.1. The third-order valence-electron chi connectivity index (χ3n) is 15.3. The van der Waals surface area contributed by atoms with Crippen LogP contribution in [0.2, 0.25) is 0 Å². The Balaban J connectivity index is 0.000000447. The molecule has 4 radical (unpaired) electrons. The van der Waals surface area contributed by atoms with Gasteiger partial charge in [0, 0.05) is 182 Å². The molecule has 6 atom stereocenters. The van der Waals surface area contributed by atoms with Crippen LogP contribution in [-0.4, -0.2) is 136 Å². The molecule has 0 saturated carbocycles. The van der Waals surface area contributed by atoms with Crippen LogP contribution in [0.3, 0.4) is 0 Å². The second-order valence-corrected chi connectivity index (χ2v) is 25.4. The van der Waals surface area contributed by atoms with Crippen LogP contribution >= 0.6 is 0 Å². The Kier molecular flexibility index (Phi) is 47.2. The van der Waals surface area contributed by atoms with E-state index in [4.69, 9.17) is 30.6 Å². The van der Waals surface area contributed by atoms with Gasteiger partial charge in [-0.05, 0) is 143 Å². The first-order valence-electron chi connectivity index (χ1n) is 35.1. The van der Waals surface area contributed by atoms with Crippen LogP contribution in [0, 0.1) is 52.0 Å². The summed E-state index contributed by atoms with van der Waals surface area (Å²) in [5, 5.41) is 59.5. The Bertz CT molecular complexity index is 4600. The first-order valence-corrected chi connectivity index (χ1v) is 35.1. The van der Waals surface area contributed by atoms with Crippen LogP contribution in [0.5, 0.6) is 0 Å². The van der Waals surface area contributed by atoms with E-state index < -0.39 is 11.7 Å². The van der Waals surface area contributed by atoms with Gasteiger partial charge in [0.1, 0.15) is 0 Å². The second kappa shape index (κ2) is 53.2. The molecule has 0 saturated heterocycles. The van der Waals surface area contributed by atoms with Gasteiger partial charge >= 0.3 is 6.18 Å². The molecule has 0 amide bonds. The molecule has 26 heteroatoms. The van der Waals surface area contributed by atoms with Crippen LogP contribution < -0.4 is 10.00 Å². The number of anilines is 1. The fraction of sp³-hybridized carbons (Fsp3) is 0.253. The van der Waals surface area contributed by atoms with E-state index in [9.17, 15) is 13.2 Å². The molecule has 13 aromatic rings. The Hall–Kier alpha value is -8.90. The molecular formula is C87H93F3Ir4N13O6-5. The van der Waals surface area contributed by atoms with E-state index in [1.54, 1.807) is 91.8 Å². The van der Waals surface area contributed by atoms with Crippen molar-refractivity contribution in [3.05, 3.63) is 290 Å². The average molecular weight is 2240 g/mol. The van der Waals surface area contributed by atoms with Crippen molar-refractivity contribution in [1.82, 2.24) is 60.0 Å². The fourth-order valence-electron chi connectivity index (χ4n) is 10.1. The van der Waals surface area contributed by atoms with Gasteiger partial charge in [-0.2, -0.15) is 13.2 Å². The second-order valence-electron chi connectivity index (χ2n) is 25.4. The largest absolute Gasteiger partial charge is 0.417 e. The van der Waals surface area contributed by atoms with E-state index in [2.05, 4.69) is 133 Å². The van der Waals surface area contributed by atoms with Crippen molar-refractivity contribution in [2.75, 3.05) is 19.0 Å². The molecule has 6 unspecified atom stereocenters. The maximum atomic E-state index is 12.4. The molecule has 0 bridgehead atoms. The summed E-state index contributed by atoms with van der Waals surface area (Å²) in [6.45, 7) is 17.6. The number of benzene rings is 7. The zero-order chi connectivity index (χ0) is 79.3. The SMILES string of the molecule is CC(O)CC(C)O.CC(O)CC(C)O.CC(O)CC(C)O.Cc1nccnc1-c1[c-]cc(-c2ccccc2)cc1.Cc1nccnc1-c1[c-]cc(C(F)(F)F)cc1.Cc1nccnc1-c1[c-]cc(N(C)C)cc1.Cc1nccnc1-c1[c-]ccc(-c2ccccc2)c1.[Ir].[Ir].[Ir].[Ir].c1ccc(-c2n[n-]c(-c3ccccn3)n2)cc1. The van der Waals surface area contributed by atoms with Gasteiger partial charge in [0.15, 0.2) is 0 Å². The molecule has 0 aliphatic heterocycles. The maximum Gasteiger partial charge on any atom is 0.381 e. The van der Waals surface area contributed by atoms with Gasteiger partial charge in [-0.15, -0.1) is 125 Å². The molecule has 113 heavy (non-hydrogen) atoms. The topological polar surface area (TPSA) is 281 Å². The van der Waals surface area contributed by atoms with Gasteiger partial charge in [0.25, 0.3) is 0 Å². The molecular weight excluding hydrogens is 2150 g/mol. The van der Waals surface area contributed by atoms with Crippen molar-refractivity contribution in [2.24, 2.45) is 0 Å². The molecule has 13 rings (SSSR count).